The van der Waals surface area contributed by atoms with Crippen molar-refractivity contribution < 1.29 is 19.2 Å². The molecule has 0 bridgehead atoms. The highest BCUT2D eigenvalue weighted by molar-refractivity contribution is 5.96. The zero-order valence-electron chi connectivity index (χ0n) is 12.1. The van der Waals surface area contributed by atoms with Crippen LogP contribution in [0.5, 0.6) is 0 Å². The number of nitrogens with zero attached hydrogens (tertiary/aromatic N) is 1. The van der Waals surface area contributed by atoms with E-state index in [9.17, 15) is 19.7 Å². The number of carbonyl (C=O) groups is 2. The molecule has 1 aromatic rings. The number of ether oxygens (including phenoxy) is 1. The van der Waals surface area contributed by atoms with E-state index < -0.39 is 10.9 Å². The molecule has 0 saturated carbocycles. The molecule has 0 saturated heterocycles. The molecule has 0 atom stereocenters. The van der Waals surface area contributed by atoms with Gasteiger partial charge in [-0.3, -0.25) is 14.9 Å². The lowest BCUT2D eigenvalue weighted by Gasteiger charge is -2.10. The van der Waals surface area contributed by atoms with Gasteiger partial charge < -0.3 is 15.4 Å². The Kier molecular flexibility index (Phi) is 5.89. The normalized spacial score (nSPS) is 9.50. The highest BCUT2D eigenvalue weighted by atomic mass is 16.6. The maximum atomic E-state index is 11.7. The third-order valence-corrected chi connectivity index (χ3v) is 2.73. The number of rotatable bonds is 6. The van der Waals surface area contributed by atoms with Crippen LogP contribution in [0, 0.1) is 29.4 Å². The van der Waals surface area contributed by atoms with E-state index >= 15 is 0 Å². The fourth-order valence-corrected chi connectivity index (χ4v) is 1.78. The summed E-state index contributed by atoms with van der Waals surface area (Å²) in [6.45, 7) is 1.51. The predicted octanol–water partition coefficient (Wildman–Crippen LogP) is 0.851. The van der Waals surface area contributed by atoms with Crippen LogP contribution >= 0.6 is 0 Å². The van der Waals surface area contributed by atoms with Gasteiger partial charge in [-0.05, 0) is 19.1 Å². The second kappa shape index (κ2) is 7.64. The molecule has 0 aliphatic heterocycles. The number of esters is 1. The number of hydrogen-bond donors (Lipinski definition) is 2. The Morgan fingerprint density at radius 3 is 2.68 bits per heavy atom. The van der Waals surface area contributed by atoms with Gasteiger partial charge in [-0.2, -0.15) is 0 Å². The molecule has 0 aromatic heterocycles. The van der Waals surface area contributed by atoms with Gasteiger partial charge in [0, 0.05) is 11.3 Å². The van der Waals surface area contributed by atoms with Crippen LogP contribution < -0.4 is 10.6 Å². The second-order valence-electron chi connectivity index (χ2n) is 4.27. The number of carbonyl (C=O) groups excluding carboxylic acids is 2. The Hall–Kier alpha value is -3.08. The Bertz CT molecular complexity index is 649. The molecule has 22 heavy (non-hydrogen) atoms. The first kappa shape index (κ1) is 17.0. The van der Waals surface area contributed by atoms with Gasteiger partial charge >= 0.3 is 5.97 Å². The van der Waals surface area contributed by atoms with Crippen molar-refractivity contribution in [3.05, 3.63) is 33.4 Å². The summed E-state index contributed by atoms with van der Waals surface area (Å²) < 4.78 is 4.54. The fourth-order valence-electron chi connectivity index (χ4n) is 1.78. The Morgan fingerprint density at radius 2 is 2.14 bits per heavy atom. The molecule has 0 aliphatic carbocycles. The standard InChI is InChI=1S/C14H15N3O5/c1-4-5-15-12(18)8-16-10-6-9(2)13(17(20)21)11(7-10)14(19)22-3/h1,6-7,16H,5,8H2,2-3H3,(H,15,18). The Labute approximate surface area is 127 Å². The molecule has 0 radical (unpaired) electrons. The minimum absolute atomic E-state index is 0.0838. The topological polar surface area (TPSA) is 111 Å². The van der Waals surface area contributed by atoms with Crippen LogP contribution in [0.15, 0.2) is 12.1 Å². The lowest BCUT2D eigenvalue weighted by atomic mass is 10.1. The number of nitro benzene ring substituents is 1. The minimum Gasteiger partial charge on any atom is -0.465 e. The van der Waals surface area contributed by atoms with Gasteiger partial charge in [0.2, 0.25) is 5.91 Å². The number of nitro groups is 1. The van der Waals surface area contributed by atoms with Crippen molar-refractivity contribution in [2.24, 2.45) is 0 Å². The molecule has 8 nitrogen and oxygen atoms in total. The maximum absolute atomic E-state index is 11.7. The molecule has 8 heteroatoms. The maximum Gasteiger partial charge on any atom is 0.344 e. The first-order valence-electron chi connectivity index (χ1n) is 6.22. The summed E-state index contributed by atoms with van der Waals surface area (Å²) in [4.78, 5) is 33.5. The van der Waals surface area contributed by atoms with E-state index in [0.717, 1.165) is 7.11 Å². The molecule has 0 aliphatic rings. The number of benzene rings is 1. The molecule has 116 valence electrons. The fraction of sp³-hybridized carbons (Fsp3) is 0.286. The molecule has 0 heterocycles. The summed E-state index contributed by atoms with van der Waals surface area (Å²) in [7, 11) is 1.13. The summed E-state index contributed by atoms with van der Waals surface area (Å²) in [6, 6.07) is 2.74. The van der Waals surface area contributed by atoms with E-state index in [0.29, 0.717) is 5.69 Å². The Balaban J connectivity index is 3.01. The number of anilines is 1. The monoisotopic (exact) mass is 305 g/mol. The van der Waals surface area contributed by atoms with Crippen LogP contribution in [0.2, 0.25) is 0 Å². The van der Waals surface area contributed by atoms with Crippen molar-refractivity contribution in [1.82, 2.24) is 5.32 Å². The highest BCUT2D eigenvalue weighted by Crippen LogP contribution is 2.28. The molecule has 0 unspecified atom stereocenters. The lowest BCUT2D eigenvalue weighted by molar-refractivity contribution is -0.385. The number of amides is 1. The summed E-state index contributed by atoms with van der Waals surface area (Å²) >= 11 is 0. The van der Waals surface area contributed by atoms with Gasteiger partial charge in [-0.15, -0.1) is 6.42 Å². The Morgan fingerprint density at radius 1 is 1.45 bits per heavy atom. The van der Waals surface area contributed by atoms with Crippen molar-refractivity contribution >= 4 is 23.3 Å². The molecular weight excluding hydrogens is 290 g/mol. The van der Waals surface area contributed by atoms with Gasteiger partial charge in [0.1, 0.15) is 5.56 Å². The number of nitrogens with one attached hydrogen (secondary N) is 2. The second-order valence-corrected chi connectivity index (χ2v) is 4.27. The summed E-state index contributed by atoms with van der Waals surface area (Å²) in [5, 5.41) is 16.3. The van der Waals surface area contributed by atoms with E-state index in [1.54, 1.807) is 0 Å². The zero-order chi connectivity index (χ0) is 16.7. The van der Waals surface area contributed by atoms with Crippen molar-refractivity contribution in [3.63, 3.8) is 0 Å². The quantitative estimate of drug-likeness (QED) is 0.349. The lowest BCUT2D eigenvalue weighted by Crippen LogP contribution is -2.30. The SMILES string of the molecule is C#CCNC(=O)CNc1cc(C)c([N+](=O)[O-])c(C(=O)OC)c1. The molecule has 0 spiro atoms. The first-order chi connectivity index (χ1) is 10.4. The van der Waals surface area contributed by atoms with Crippen LogP contribution in [0.1, 0.15) is 15.9 Å². The van der Waals surface area contributed by atoms with Gasteiger partial charge in [0.25, 0.3) is 5.69 Å². The molecule has 0 fully saturated rings. The van der Waals surface area contributed by atoms with Gasteiger partial charge in [-0.1, -0.05) is 5.92 Å². The zero-order valence-corrected chi connectivity index (χ0v) is 12.1. The van der Waals surface area contributed by atoms with E-state index in [1.165, 1.54) is 19.1 Å². The van der Waals surface area contributed by atoms with Crippen LogP contribution in [-0.4, -0.2) is 37.0 Å². The average molecular weight is 305 g/mol. The summed E-state index contributed by atoms with van der Waals surface area (Å²) in [5.41, 5.74) is 0.159. The third kappa shape index (κ3) is 4.21. The van der Waals surface area contributed by atoms with Crippen molar-refractivity contribution in [3.8, 4) is 12.3 Å². The highest BCUT2D eigenvalue weighted by Gasteiger charge is 2.24. The van der Waals surface area contributed by atoms with Crippen LogP contribution in [-0.2, 0) is 9.53 Å². The van der Waals surface area contributed by atoms with E-state index in [-0.39, 0.29) is 35.8 Å². The van der Waals surface area contributed by atoms with E-state index in [4.69, 9.17) is 6.42 Å². The molecule has 1 amide bonds. The number of hydrogen-bond acceptors (Lipinski definition) is 6. The first-order valence-corrected chi connectivity index (χ1v) is 6.22. The van der Waals surface area contributed by atoms with Crippen LogP contribution in [0.25, 0.3) is 0 Å². The van der Waals surface area contributed by atoms with Gasteiger partial charge in [0.15, 0.2) is 0 Å². The minimum atomic E-state index is -0.824. The summed E-state index contributed by atoms with van der Waals surface area (Å²) in [6.07, 6.45) is 5.02. The molecular formula is C14H15N3O5. The van der Waals surface area contributed by atoms with Crippen molar-refractivity contribution in [2.45, 2.75) is 6.92 Å². The number of terminal acetylenes is 1. The van der Waals surface area contributed by atoms with Crippen molar-refractivity contribution in [2.75, 3.05) is 25.5 Å². The predicted molar refractivity (Wildman–Crippen MR) is 79.5 cm³/mol. The largest absolute Gasteiger partial charge is 0.465 e. The number of aryl methyl sites for hydroxylation is 1. The van der Waals surface area contributed by atoms with Gasteiger partial charge in [-0.25, -0.2) is 4.79 Å². The van der Waals surface area contributed by atoms with Crippen LogP contribution in [0.4, 0.5) is 11.4 Å². The molecule has 2 N–H and O–H groups in total. The van der Waals surface area contributed by atoms with Crippen molar-refractivity contribution in [1.29, 1.82) is 0 Å². The molecule has 1 aromatic carbocycles. The smallest absolute Gasteiger partial charge is 0.344 e. The van der Waals surface area contributed by atoms with E-state index in [2.05, 4.69) is 21.3 Å². The molecule has 1 rings (SSSR count). The van der Waals surface area contributed by atoms with Crippen LogP contribution in [0.3, 0.4) is 0 Å². The van der Waals surface area contributed by atoms with Gasteiger partial charge in [0.05, 0.1) is 25.1 Å². The average Bonchev–Trinajstić information content (AvgIpc) is 2.48. The number of methoxy groups -OCH3 is 1. The third-order valence-electron chi connectivity index (χ3n) is 2.73. The summed E-state index contributed by atoms with van der Waals surface area (Å²) in [5.74, 6) is 1.10. The van der Waals surface area contributed by atoms with E-state index in [1.807, 2.05) is 0 Å².